The van der Waals surface area contributed by atoms with Gasteiger partial charge in [0.2, 0.25) is 11.7 Å². The van der Waals surface area contributed by atoms with Crippen molar-refractivity contribution in [3.63, 3.8) is 0 Å². The van der Waals surface area contributed by atoms with Gasteiger partial charge in [-0.25, -0.2) is 4.79 Å². The fraction of sp³-hybridized carbons (Fsp3) is 0.273. The topological polar surface area (TPSA) is 92.2 Å². The van der Waals surface area contributed by atoms with Crippen molar-refractivity contribution in [2.45, 2.75) is 32.0 Å². The van der Waals surface area contributed by atoms with Crippen LogP contribution in [0.15, 0.2) is 62.6 Å². The molecule has 0 N–H and O–H groups in total. The summed E-state index contributed by atoms with van der Waals surface area (Å²) in [6.07, 6.45) is 1.61. The molecule has 0 spiro atoms. The van der Waals surface area contributed by atoms with Crippen LogP contribution in [0.1, 0.15) is 18.7 Å². The van der Waals surface area contributed by atoms with Gasteiger partial charge in [0, 0.05) is 17.2 Å². The average molecular weight is 439 g/mol. The lowest BCUT2D eigenvalue weighted by Crippen LogP contribution is -2.42. The lowest BCUT2D eigenvalue weighted by atomic mass is 10.2. The molecule has 0 unspecified atom stereocenters. The van der Waals surface area contributed by atoms with Crippen LogP contribution in [0.2, 0.25) is 5.02 Å². The van der Waals surface area contributed by atoms with E-state index in [9.17, 15) is 9.59 Å². The summed E-state index contributed by atoms with van der Waals surface area (Å²) in [5.74, 6) is 0.632. The number of nitrogens with zero attached hydrogens (tertiary/aromatic N) is 4. The summed E-state index contributed by atoms with van der Waals surface area (Å²) < 4.78 is 13.8. The predicted octanol–water partition coefficient (Wildman–Crippen LogP) is 3.09. The molecule has 0 saturated carbocycles. The molecule has 1 aliphatic rings. The summed E-state index contributed by atoms with van der Waals surface area (Å²) in [7, 11) is 0. The fourth-order valence-corrected chi connectivity index (χ4v) is 4.07. The first-order valence-electron chi connectivity index (χ1n) is 10.0. The minimum absolute atomic E-state index is 0.0404. The SMILES string of the molecule is O=c1c2ccccc2n(Cc2nc(-c3cccc(Cl)c3)no2)c(=O)n1C[C@H]1CCCO1. The Morgan fingerprint density at radius 3 is 2.77 bits per heavy atom. The van der Waals surface area contributed by atoms with Crippen LogP contribution in [-0.4, -0.2) is 32.0 Å². The van der Waals surface area contributed by atoms with Gasteiger partial charge in [-0.15, -0.1) is 0 Å². The van der Waals surface area contributed by atoms with Crippen molar-refractivity contribution in [3.05, 3.63) is 80.3 Å². The first-order chi connectivity index (χ1) is 15.1. The predicted molar refractivity (Wildman–Crippen MR) is 115 cm³/mol. The molecule has 0 aliphatic carbocycles. The number of rotatable bonds is 5. The Morgan fingerprint density at radius 2 is 1.97 bits per heavy atom. The standard InChI is InChI=1S/C22H19ClN4O4/c23-15-6-3-5-14(11-15)20-24-19(31-25-20)13-26-18-9-2-1-8-17(18)21(28)27(22(26)29)12-16-7-4-10-30-16/h1-3,5-6,8-9,11,16H,4,7,10,12-13H2/t16-/m1/s1. The van der Waals surface area contributed by atoms with Crippen molar-refractivity contribution in [2.75, 3.05) is 6.61 Å². The van der Waals surface area contributed by atoms with E-state index in [1.54, 1.807) is 42.5 Å². The molecule has 1 saturated heterocycles. The number of para-hydroxylation sites is 1. The van der Waals surface area contributed by atoms with Crippen LogP contribution < -0.4 is 11.2 Å². The molecule has 2 aromatic heterocycles. The Hall–Kier alpha value is -3.23. The summed E-state index contributed by atoms with van der Waals surface area (Å²) >= 11 is 6.05. The largest absolute Gasteiger partial charge is 0.376 e. The number of hydrogen-bond acceptors (Lipinski definition) is 6. The smallest absolute Gasteiger partial charge is 0.332 e. The molecule has 9 heteroatoms. The summed E-state index contributed by atoms with van der Waals surface area (Å²) in [5, 5.41) is 5.02. The van der Waals surface area contributed by atoms with Gasteiger partial charge in [-0.05, 0) is 37.1 Å². The number of benzene rings is 2. The van der Waals surface area contributed by atoms with E-state index in [0.29, 0.717) is 33.9 Å². The Bertz CT molecular complexity index is 1370. The van der Waals surface area contributed by atoms with Crippen LogP contribution in [0, 0.1) is 0 Å². The summed E-state index contributed by atoms with van der Waals surface area (Å²) in [6, 6.07) is 14.1. The van der Waals surface area contributed by atoms with Gasteiger partial charge in [0.1, 0.15) is 6.54 Å². The van der Waals surface area contributed by atoms with E-state index in [4.69, 9.17) is 20.9 Å². The van der Waals surface area contributed by atoms with Crippen LogP contribution in [0.4, 0.5) is 0 Å². The van der Waals surface area contributed by atoms with E-state index in [0.717, 1.165) is 12.8 Å². The maximum atomic E-state index is 13.3. The lowest BCUT2D eigenvalue weighted by Gasteiger charge is -2.15. The zero-order chi connectivity index (χ0) is 21.4. The Balaban J connectivity index is 1.56. The fourth-order valence-electron chi connectivity index (χ4n) is 3.88. The van der Waals surface area contributed by atoms with Gasteiger partial charge in [0.05, 0.1) is 23.6 Å². The van der Waals surface area contributed by atoms with Crippen molar-refractivity contribution < 1.29 is 9.26 Å². The van der Waals surface area contributed by atoms with Crippen molar-refractivity contribution in [3.8, 4) is 11.4 Å². The molecular formula is C22H19ClN4O4. The van der Waals surface area contributed by atoms with Crippen molar-refractivity contribution >= 4 is 22.5 Å². The van der Waals surface area contributed by atoms with Gasteiger partial charge >= 0.3 is 5.69 Å². The van der Waals surface area contributed by atoms with Crippen LogP contribution in [0.5, 0.6) is 0 Å². The van der Waals surface area contributed by atoms with E-state index in [1.165, 1.54) is 9.13 Å². The van der Waals surface area contributed by atoms with Crippen molar-refractivity contribution in [2.24, 2.45) is 0 Å². The zero-order valence-corrected chi connectivity index (χ0v) is 17.3. The van der Waals surface area contributed by atoms with E-state index in [-0.39, 0.29) is 30.6 Å². The second kappa shape index (κ2) is 8.13. The first-order valence-corrected chi connectivity index (χ1v) is 10.4. The quantitative estimate of drug-likeness (QED) is 0.475. The highest BCUT2D eigenvalue weighted by molar-refractivity contribution is 6.30. The maximum absolute atomic E-state index is 13.3. The van der Waals surface area contributed by atoms with Crippen LogP contribution >= 0.6 is 11.6 Å². The summed E-state index contributed by atoms with van der Waals surface area (Å²) in [6.45, 7) is 0.911. The van der Waals surface area contributed by atoms with E-state index >= 15 is 0 Å². The van der Waals surface area contributed by atoms with Crippen LogP contribution in [-0.2, 0) is 17.8 Å². The van der Waals surface area contributed by atoms with Gasteiger partial charge in [-0.1, -0.05) is 41.0 Å². The van der Waals surface area contributed by atoms with E-state index < -0.39 is 5.69 Å². The molecule has 1 fully saturated rings. The first kappa shape index (κ1) is 19.7. The van der Waals surface area contributed by atoms with Gasteiger partial charge < -0.3 is 9.26 Å². The van der Waals surface area contributed by atoms with E-state index in [2.05, 4.69) is 10.1 Å². The molecule has 5 rings (SSSR count). The summed E-state index contributed by atoms with van der Waals surface area (Å²) in [4.78, 5) is 30.7. The zero-order valence-electron chi connectivity index (χ0n) is 16.5. The number of fused-ring (bicyclic) bond motifs is 1. The molecule has 4 aromatic rings. The van der Waals surface area contributed by atoms with Crippen LogP contribution in [0.25, 0.3) is 22.3 Å². The summed E-state index contributed by atoms with van der Waals surface area (Å²) in [5.41, 5.74) is 0.478. The Kier molecular flexibility index (Phi) is 5.17. The van der Waals surface area contributed by atoms with E-state index in [1.807, 2.05) is 6.07 Å². The third kappa shape index (κ3) is 3.80. The third-order valence-corrected chi connectivity index (χ3v) is 5.62. The number of ether oxygens (including phenoxy) is 1. The Morgan fingerprint density at radius 1 is 1.10 bits per heavy atom. The minimum Gasteiger partial charge on any atom is -0.376 e. The van der Waals surface area contributed by atoms with Gasteiger partial charge in [0.15, 0.2) is 0 Å². The number of halogens is 1. The third-order valence-electron chi connectivity index (χ3n) is 5.39. The molecule has 0 radical (unpaired) electrons. The molecule has 3 heterocycles. The second-order valence-electron chi connectivity index (χ2n) is 7.46. The monoisotopic (exact) mass is 438 g/mol. The lowest BCUT2D eigenvalue weighted by molar-refractivity contribution is 0.0948. The highest BCUT2D eigenvalue weighted by Crippen LogP contribution is 2.20. The molecule has 8 nitrogen and oxygen atoms in total. The van der Waals surface area contributed by atoms with Crippen LogP contribution in [0.3, 0.4) is 0 Å². The van der Waals surface area contributed by atoms with Crippen molar-refractivity contribution in [1.29, 1.82) is 0 Å². The highest BCUT2D eigenvalue weighted by Gasteiger charge is 2.21. The average Bonchev–Trinajstić information content (AvgIpc) is 3.46. The molecule has 0 amide bonds. The molecule has 1 atom stereocenters. The minimum atomic E-state index is -0.429. The van der Waals surface area contributed by atoms with Gasteiger partial charge in [0.25, 0.3) is 5.56 Å². The molecule has 0 bridgehead atoms. The Labute approximate surface area is 181 Å². The molecule has 158 valence electrons. The van der Waals surface area contributed by atoms with Gasteiger partial charge in [-0.2, -0.15) is 4.98 Å². The number of aromatic nitrogens is 4. The van der Waals surface area contributed by atoms with Crippen molar-refractivity contribution in [1.82, 2.24) is 19.3 Å². The van der Waals surface area contributed by atoms with Gasteiger partial charge in [-0.3, -0.25) is 13.9 Å². The molecule has 1 aliphatic heterocycles. The molecule has 31 heavy (non-hydrogen) atoms. The normalized spacial score (nSPS) is 16.2. The molecular weight excluding hydrogens is 420 g/mol. The number of hydrogen-bond donors (Lipinski definition) is 0. The highest BCUT2D eigenvalue weighted by atomic mass is 35.5. The molecule has 2 aromatic carbocycles. The maximum Gasteiger partial charge on any atom is 0.332 e. The second-order valence-corrected chi connectivity index (χ2v) is 7.90.